The minimum Gasteiger partial charge on any atom is -0.300 e. The number of likely N-dealkylation sites (N-methyl/N-ethyl adjacent to an activating group) is 2. The van der Waals surface area contributed by atoms with Crippen LogP contribution >= 0.6 is 0 Å². The largest absolute Gasteiger partial charge is 0.300 e. The molecule has 0 bridgehead atoms. The van der Waals surface area contributed by atoms with Crippen LogP contribution in [0.15, 0.2) is 0 Å². The van der Waals surface area contributed by atoms with E-state index in [0.29, 0.717) is 6.04 Å². The standard InChI is InChI=1S/C10H22N2/c1-6-9-10(7-11(9)4)12(5)8(2)3/h8-10H,6-7H2,1-5H3/t9?,10-/m1/s1. The van der Waals surface area contributed by atoms with Crippen LogP contribution in [0.25, 0.3) is 0 Å². The lowest BCUT2D eigenvalue weighted by atomic mass is 9.93. The number of likely N-dealkylation sites (tertiary alicyclic amines) is 1. The highest BCUT2D eigenvalue weighted by atomic mass is 15.3. The van der Waals surface area contributed by atoms with Gasteiger partial charge < -0.3 is 4.90 Å². The maximum absolute atomic E-state index is 2.49. The smallest absolute Gasteiger partial charge is 0.0378 e. The van der Waals surface area contributed by atoms with Gasteiger partial charge in [-0.05, 0) is 34.4 Å². The Morgan fingerprint density at radius 3 is 2.42 bits per heavy atom. The summed E-state index contributed by atoms with van der Waals surface area (Å²) >= 11 is 0. The van der Waals surface area contributed by atoms with Crippen molar-refractivity contribution >= 4 is 0 Å². The van der Waals surface area contributed by atoms with E-state index in [1.54, 1.807) is 0 Å². The minimum absolute atomic E-state index is 0.678. The Balaban J connectivity index is 2.44. The highest BCUT2D eigenvalue weighted by Crippen LogP contribution is 2.24. The molecule has 1 heterocycles. The molecule has 0 aromatic heterocycles. The van der Waals surface area contributed by atoms with Gasteiger partial charge in [0.1, 0.15) is 0 Å². The van der Waals surface area contributed by atoms with Crippen molar-refractivity contribution in [2.75, 3.05) is 20.6 Å². The van der Waals surface area contributed by atoms with Crippen molar-refractivity contribution in [2.45, 2.75) is 45.3 Å². The fraction of sp³-hybridized carbons (Fsp3) is 1.00. The molecule has 2 atom stereocenters. The lowest BCUT2D eigenvalue weighted by Gasteiger charge is -2.51. The molecular weight excluding hydrogens is 148 g/mol. The molecule has 0 spiro atoms. The average molecular weight is 170 g/mol. The first-order valence-corrected chi connectivity index (χ1v) is 5.00. The molecule has 1 fully saturated rings. The van der Waals surface area contributed by atoms with Gasteiger partial charge in [0, 0.05) is 24.7 Å². The molecule has 1 rings (SSSR count). The molecule has 0 aromatic carbocycles. The fourth-order valence-corrected chi connectivity index (χ4v) is 2.07. The summed E-state index contributed by atoms with van der Waals surface area (Å²) in [5.74, 6) is 0. The van der Waals surface area contributed by atoms with E-state index in [9.17, 15) is 0 Å². The van der Waals surface area contributed by atoms with E-state index in [2.05, 4.69) is 44.7 Å². The molecule has 0 aliphatic carbocycles. The molecule has 1 saturated heterocycles. The van der Waals surface area contributed by atoms with Crippen LogP contribution in [0.5, 0.6) is 0 Å². The maximum Gasteiger partial charge on any atom is 0.0378 e. The Morgan fingerprint density at radius 2 is 2.08 bits per heavy atom. The molecule has 1 unspecified atom stereocenters. The number of nitrogens with zero attached hydrogens (tertiary/aromatic N) is 2. The van der Waals surface area contributed by atoms with Crippen LogP contribution in [0.1, 0.15) is 27.2 Å². The van der Waals surface area contributed by atoms with Crippen molar-refractivity contribution in [2.24, 2.45) is 0 Å². The Labute approximate surface area is 76.5 Å². The highest BCUT2D eigenvalue weighted by molar-refractivity contribution is 4.95. The minimum atomic E-state index is 0.678. The molecule has 0 N–H and O–H groups in total. The van der Waals surface area contributed by atoms with Gasteiger partial charge in [-0.15, -0.1) is 0 Å². The number of hydrogen-bond donors (Lipinski definition) is 0. The van der Waals surface area contributed by atoms with Gasteiger partial charge >= 0.3 is 0 Å². The first-order chi connectivity index (χ1) is 5.57. The number of hydrogen-bond acceptors (Lipinski definition) is 2. The summed E-state index contributed by atoms with van der Waals surface area (Å²) in [6, 6.07) is 2.26. The summed E-state index contributed by atoms with van der Waals surface area (Å²) < 4.78 is 0. The van der Waals surface area contributed by atoms with Crippen molar-refractivity contribution in [1.82, 2.24) is 9.80 Å². The van der Waals surface area contributed by atoms with E-state index in [1.807, 2.05) is 0 Å². The predicted molar refractivity (Wildman–Crippen MR) is 53.4 cm³/mol. The summed E-state index contributed by atoms with van der Waals surface area (Å²) in [5, 5.41) is 0. The summed E-state index contributed by atoms with van der Waals surface area (Å²) in [4.78, 5) is 4.94. The lowest BCUT2D eigenvalue weighted by molar-refractivity contribution is -0.0140. The van der Waals surface area contributed by atoms with E-state index in [-0.39, 0.29) is 0 Å². The molecule has 0 radical (unpaired) electrons. The molecule has 2 heteroatoms. The van der Waals surface area contributed by atoms with Crippen LogP contribution in [0.3, 0.4) is 0 Å². The summed E-state index contributed by atoms with van der Waals surface area (Å²) in [6.45, 7) is 8.06. The Hall–Kier alpha value is -0.0800. The van der Waals surface area contributed by atoms with Gasteiger partial charge in [0.25, 0.3) is 0 Å². The monoisotopic (exact) mass is 170 g/mol. The van der Waals surface area contributed by atoms with Gasteiger partial charge in [0.05, 0.1) is 0 Å². The SMILES string of the molecule is CCC1[C@H](N(C)C(C)C)CN1C. The van der Waals surface area contributed by atoms with Gasteiger partial charge in [0.15, 0.2) is 0 Å². The van der Waals surface area contributed by atoms with Crippen LogP contribution < -0.4 is 0 Å². The molecule has 1 aliphatic rings. The second-order valence-electron chi connectivity index (χ2n) is 4.24. The lowest BCUT2D eigenvalue weighted by Crippen LogP contribution is -2.65. The molecular formula is C10H22N2. The van der Waals surface area contributed by atoms with Gasteiger partial charge in [0.2, 0.25) is 0 Å². The van der Waals surface area contributed by atoms with Crippen molar-refractivity contribution in [3.05, 3.63) is 0 Å². The normalized spacial score (nSPS) is 31.2. The first-order valence-electron chi connectivity index (χ1n) is 5.00. The molecule has 0 amide bonds. The topological polar surface area (TPSA) is 6.48 Å². The summed E-state index contributed by atoms with van der Waals surface area (Å²) in [5.41, 5.74) is 0. The third kappa shape index (κ3) is 1.64. The molecule has 2 nitrogen and oxygen atoms in total. The Kier molecular flexibility index (Phi) is 3.13. The van der Waals surface area contributed by atoms with E-state index < -0.39 is 0 Å². The van der Waals surface area contributed by atoms with Crippen LogP contribution in [0, 0.1) is 0 Å². The van der Waals surface area contributed by atoms with Crippen LogP contribution in [0.4, 0.5) is 0 Å². The Bertz CT molecular complexity index is 138. The van der Waals surface area contributed by atoms with Crippen LogP contribution in [-0.4, -0.2) is 48.6 Å². The van der Waals surface area contributed by atoms with Crippen molar-refractivity contribution in [3.8, 4) is 0 Å². The van der Waals surface area contributed by atoms with Crippen LogP contribution in [-0.2, 0) is 0 Å². The average Bonchev–Trinajstić information content (AvgIpc) is 1.99. The van der Waals surface area contributed by atoms with E-state index in [4.69, 9.17) is 0 Å². The van der Waals surface area contributed by atoms with Gasteiger partial charge in [-0.2, -0.15) is 0 Å². The second-order valence-corrected chi connectivity index (χ2v) is 4.24. The zero-order chi connectivity index (χ0) is 9.30. The first kappa shape index (κ1) is 10.0. The number of rotatable bonds is 3. The molecule has 12 heavy (non-hydrogen) atoms. The van der Waals surface area contributed by atoms with E-state index in [0.717, 1.165) is 12.1 Å². The van der Waals surface area contributed by atoms with Crippen molar-refractivity contribution < 1.29 is 0 Å². The second kappa shape index (κ2) is 3.75. The molecule has 0 saturated carbocycles. The van der Waals surface area contributed by atoms with Gasteiger partial charge in [-0.1, -0.05) is 6.92 Å². The Morgan fingerprint density at radius 1 is 1.50 bits per heavy atom. The highest BCUT2D eigenvalue weighted by Gasteiger charge is 2.37. The van der Waals surface area contributed by atoms with E-state index >= 15 is 0 Å². The van der Waals surface area contributed by atoms with Crippen molar-refractivity contribution in [3.63, 3.8) is 0 Å². The quantitative estimate of drug-likeness (QED) is 0.632. The predicted octanol–water partition coefficient (Wildman–Crippen LogP) is 1.42. The molecule has 0 aromatic rings. The molecule has 72 valence electrons. The summed E-state index contributed by atoms with van der Waals surface area (Å²) in [7, 11) is 4.46. The van der Waals surface area contributed by atoms with Crippen molar-refractivity contribution in [1.29, 1.82) is 0 Å². The van der Waals surface area contributed by atoms with Crippen LogP contribution in [0.2, 0.25) is 0 Å². The maximum atomic E-state index is 2.49. The van der Waals surface area contributed by atoms with E-state index in [1.165, 1.54) is 13.0 Å². The third-order valence-electron chi connectivity index (χ3n) is 3.24. The summed E-state index contributed by atoms with van der Waals surface area (Å²) in [6.07, 6.45) is 1.28. The fourth-order valence-electron chi connectivity index (χ4n) is 2.07. The molecule has 1 aliphatic heterocycles. The zero-order valence-corrected chi connectivity index (χ0v) is 9.04. The van der Waals surface area contributed by atoms with Gasteiger partial charge in [-0.25, -0.2) is 0 Å². The van der Waals surface area contributed by atoms with Gasteiger partial charge in [-0.3, -0.25) is 4.90 Å². The third-order valence-corrected chi connectivity index (χ3v) is 3.24. The zero-order valence-electron chi connectivity index (χ0n) is 9.04.